The number of nitriles is 1. The number of carbonyl (C=O) groups is 1. The van der Waals surface area contributed by atoms with E-state index in [9.17, 15) is 4.79 Å². The Kier molecular flexibility index (Phi) is 3.67. The molecule has 0 N–H and O–H groups in total. The standard InChI is InChI=1S/C9H5Br2NO2/c1-14-9(13)8-5(4-12)2-6(10)3-7(8)11/h2-3H,1H3. The molecule has 14 heavy (non-hydrogen) atoms. The molecule has 3 nitrogen and oxygen atoms in total. The fraction of sp³-hybridized carbons (Fsp3) is 0.111. The topological polar surface area (TPSA) is 50.1 Å². The molecule has 1 aromatic rings. The number of hydrogen-bond acceptors (Lipinski definition) is 3. The Morgan fingerprint density at radius 3 is 2.64 bits per heavy atom. The zero-order chi connectivity index (χ0) is 10.7. The molecule has 1 aromatic carbocycles. The first-order valence-corrected chi connectivity index (χ1v) is 5.16. The van der Waals surface area contributed by atoms with Gasteiger partial charge in [-0.25, -0.2) is 4.79 Å². The van der Waals surface area contributed by atoms with Gasteiger partial charge in [-0.05, 0) is 28.1 Å². The molecule has 0 saturated heterocycles. The van der Waals surface area contributed by atoms with Crippen LogP contribution in [0.3, 0.4) is 0 Å². The number of hydrogen-bond donors (Lipinski definition) is 0. The van der Waals surface area contributed by atoms with E-state index in [1.165, 1.54) is 7.11 Å². The Morgan fingerprint density at radius 1 is 1.50 bits per heavy atom. The van der Waals surface area contributed by atoms with Gasteiger partial charge < -0.3 is 4.74 Å². The molecule has 0 radical (unpaired) electrons. The highest BCUT2D eigenvalue weighted by molar-refractivity contribution is 9.11. The van der Waals surface area contributed by atoms with Crippen molar-refractivity contribution in [1.29, 1.82) is 5.26 Å². The van der Waals surface area contributed by atoms with Crippen LogP contribution < -0.4 is 0 Å². The minimum absolute atomic E-state index is 0.248. The quantitative estimate of drug-likeness (QED) is 0.748. The highest BCUT2D eigenvalue weighted by Gasteiger charge is 2.16. The van der Waals surface area contributed by atoms with Crippen molar-refractivity contribution in [3.63, 3.8) is 0 Å². The molecule has 0 unspecified atom stereocenters. The van der Waals surface area contributed by atoms with Crippen molar-refractivity contribution in [2.45, 2.75) is 0 Å². The van der Waals surface area contributed by atoms with E-state index >= 15 is 0 Å². The summed E-state index contributed by atoms with van der Waals surface area (Å²) in [4.78, 5) is 11.3. The maximum atomic E-state index is 11.3. The third-order valence-electron chi connectivity index (χ3n) is 1.56. The van der Waals surface area contributed by atoms with Crippen molar-refractivity contribution in [3.05, 3.63) is 32.2 Å². The van der Waals surface area contributed by atoms with E-state index in [-0.39, 0.29) is 11.1 Å². The van der Waals surface area contributed by atoms with E-state index in [4.69, 9.17) is 5.26 Å². The van der Waals surface area contributed by atoms with E-state index in [1.807, 2.05) is 6.07 Å². The third-order valence-corrected chi connectivity index (χ3v) is 2.65. The van der Waals surface area contributed by atoms with Gasteiger partial charge in [0.15, 0.2) is 0 Å². The van der Waals surface area contributed by atoms with Gasteiger partial charge in [0.1, 0.15) is 6.07 Å². The molecule has 0 aliphatic heterocycles. The van der Waals surface area contributed by atoms with Crippen LogP contribution in [0.25, 0.3) is 0 Å². The lowest BCUT2D eigenvalue weighted by molar-refractivity contribution is 0.0599. The van der Waals surface area contributed by atoms with E-state index in [0.717, 1.165) is 4.47 Å². The minimum atomic E-state index is -0.527. The van der Waals surface area contributed by atoms with E-state index < -0.39 is 5.97 Å². The average molecular weight is 319 g/mol. The van der Waals surface area contributed by atoms with Gasteiger partial charge in [0, 0.05) is 8.95 Å². The Morgan fingerprint density at radius 2 is 2.14 bits per heavy atom. The zero-order valence-corrected chi connectivity index (χ0v) is 10.3. The molecule has 1 rings (SSSR count). The third kappa shape index (κ3) is 2.14. The maximum absolute atomic E-state index is 11.3. The second-order valence-electron chi connectivity index (χ2n) is 2.41. The van der Waals surface area contributed by atoms with Gasteiger partial charge in [-0.15, -0.1) is 0 Å². The summed E-state index contributed by atoms with van der Waals surface area (Å²) in [5.41, 5.74) is 0.524. The zero-order valence-electron chi connectivity index (χ0n) is 7.17. The summed E-state index contributed by atoms with van der Waals surface area (Å²) in [6, 6.07) is 5.19. The molecule has 0 saturated carbocycles. The van der Waals surface area contributed by atoms with Gasteiger partial charge in [-0.2, -0.15) is 5.26 Å². The molecule has 0 aliphatic carbocycles. The predicted molar refractivity (Wildman–Crippen MR) is 57.9 cm³/mol. The summed E-state index contributed by atoms with van der Waals surface area (Å²) in [5, 5.41) is 8.81. The van der Waals surface area contributed by atoms with Crippen LogP contribution in [-0.2, 0) is 4.74 Å². The number of carbonyl (C=O) groups excluding carboxylic acids is 1. The van der Waals surface area contributed by atoms with Gasteiger partial charge >= 0.3 is 5.97 Å². The summed E-state index contributed by atoms with van der Waals surface area (Å²) in [6.07, 6.45) is 0. The lowest BCUT2D eigenvalue weighted by atomic mass is 10.1. The van der Waals surface area contributed by atoms with Gasteiger partial charge in [0.05, 0.1) is 18.2 Å². The van der Waals surface area contributed by atoms with Crippen LogP contribution in [-0.4, -0.2) is 13.1 Å². The molecule has 0 heterocycles. The molecule has 72 valence electrons. The van der Waals surface area contributed by atoms with Crippen LogP contribution in [0.15, 0.2) is 21.1 Å². The number of esters is 1. The largest absolute Gasteiger partial charge is 0.465 e. The van der Waals surface area contributed by atoms with Crippen LogP contribution >= 0.6 is 31.9 Å². The molecule has 0 aliphatic rings. The lowest BCUT2D eigenvalue weighted by Crippen LogP contribution is -2.05. The maximum Gasteiger partial charge on any atom is 0.340 e. The number of ether oxygens (including phenoxy) is 1. The van der Waals surface area contributed by atoms with Crippen LogP contribution in [0.4, 0.5) is 0 Å². The summed E-state index contributed by atoms with van der Waals surface area (Å²) in [7, 11) is 1.28. The second-order valence-corrected chi connectivity index (χ2v) is 4.18. The van der Waals surface area contributed by atoms with Crippen molar-refractivity contribution in [3.8, 4) is 6.07 Å². The normalized spacial score (nSPS) is 9.29. The molecule has 0 amide bonds. The van der Waals surface area contributed by atoms with Crippen molar-refractivity contribution >= 4 is 37.8 Å². The monoisotopic (exact) mass is 317 g/mol. The lowest BCUT2D eigenvalue weighted by Gasteiger charge is -2.04. The summed E-state index contributed by atoms with van der Waals surface area (Å²) >= 11 is 6.42. The van der Waals surface area contributed by atoms with Crippen molar-refractivity contribution in [1.82, 2.24) is 0 Å². The summed E-state index contributed by atoms with van der Waals surface area (Å²) in [6.45, 7) is 0. The molecule has 0 fully saturated rings. The van der Waals surface area contributed by atoms with Crippen molar-refractivity contribution < 1.29 is 9.53 Å². The van der Waals surface area contributed by atoms with Gasteiger partial charge in [-0.3, -0.25) is 0 Å². The Bertz CT molecular complexity index is 424. The summed E-state index contributed by atoms with van der Waals surface area (Å²) < 4.78 is 5.83. The van der Waals surface area contributed by atoms with E-state index in [2.05, 4.69) is 36.6 Å². The Labute approximate surface area is 97.9 Å². The number of methoxy groups -OCH3 is 1. The first-order valence-electron chi connectivity index (χ1n) is 3.57. The Balaban J connectivity index is 3.42. The number of nitrogens with zero attached hydrogens (tertiary/aromatic N) is 1. The van der Waals surface area contributed by atoms with Crippen LogP contribution in [0.2, 0.25) is 0 Å². The predicted octanol–water partition coefficient (Wildman–Crippen LogP) is 2.87. The van der Waals surface area contributed by atoms with Crippen LogP contribution in [0.5, 0.6) is 0 Å². The van der Waals surface area contributed by atoms with E-state index in [0.29, 0.717) is 4.47 Å². The first kappa shape index (κ1) is 11.2. The molecule has 0 aromatic heterocycles. The first-order chi connectivity index (χ1) is 6.60. The molecule has 5 heteroatoms. The fourth-order valence-electron chi connectivity index (χ4n) is 0.971. The molecule has 0 bridgehead atoms. The van der Waals surface area contributed by atoms with Gasteiger partial charge in [0.2, 0.25) is 0 Å². The minimum Gasteiger partial charge on any atom is -0.465 e. The second kappa shape index (κ2) is 4.58. The number of rotatable bonds is 1. The molecular formula is C9H5Br2NO2. The SMILES string of the molecule is COC(=O)c1c(Br)cc(Br)cc1C#N. The fourth-order valence-corrected chi connectivity index (χ4v) is 2.36. The van der Waals surface area contributed by atoms with E-state index in [1.54, 1.807) is 12.1 Å². The number of halogens is 2. The summed E-state index contributed by atoms with van der Waals surface area (Å²) in [5.74, 6) is -0.527. The molecular weight excluding hydrogens is 314 g/mol. The van der Waals surface area contributed by atoms with Crippen LogP contribution in [0.1, 0.15) is 15.9 Å². The molecule has 0 atom stereocenters. The highest BCUT2D eigenvalue weighted by atomic mass is 79.9. The van der Waals surface area contributed by atoms with Gasteiger partial charge in [-0.1, -0.05) is 15.9 Å². The number of benzene rings is 1. The average Bonchev–Trinajstić information content (AvgIpc) is 2.15. The highest BCUT2D eigenvalue weighted by Crippen LogP contribution is 2.26. The Hall–Kier alpha value is -0.860. The van der Waals surface area contributed by atoms with Gasteiger partial charge in [0.25, 0.3) is 0 Å². The molecule has 0 spiro atoms. The van der Waals surface area contributed by atoms with Crippen molar-refractivity contribution in [2.24, 2.45) is 0 Å². The smallest absolute Gasteiger partial charge is 0.340 e. The van der Waals surface area contributed by atoms with Crippen LogP contribution in [0, 0.1) is 11.3 Å². The van der Waals surface area contributed by atoms with Crippen molar-refractivity contribution in [2.75, 3.05) is 7.11 Å².